The van der Waals surface area contributed by atoms with Crippen LogP contribution in [-0.4, -0.2) is 42.6 Å². The number of aryl methyl sites for hydroxylation is 1. The molecule has 0 aliphatic heterocycles. The van der Waals surface area contributed by atoms with Crippen molar-refractivity contribution in [2.75, 3.05) is 0 Å². The van der Waals surface area contributed by atoms with Crippen LogP contribution in [0.5, 0.6) is 0 Å². The van der Waals surface area contributed by atoms with E-state index in [0.29, 0.717) is 0 Å². The molecule has 2 aromatic heterocycles. The van der Waals surface area contributed by atoms with Gasteiger partial charge in [-0.3, -0.25) is 14.2 Å². The summed E-state index contributed by atoms with van der Waals surface area (Å²) >= 11 is 0. The number of aromatic nitrogens is 4. The summed E-state index contributed by atoms with van der Waals surface area (Å²) in [7, 11) is 0. The molecule has 1 unspecified atom stereocenters. The molecule has 8 nitrogen and oxygen atoms in total. The number of rotatable bonds is 7. The van der Waals surface area contributed by atoms with E-state index in [2.05, 4.69) is 15.5 Å². The van der Waals surface area contributed by atoms with E-state index in [1.807, 2.05) is 0 Å². The molecule has 0 aliphatic rings. The highest BCUT2D eigenvalue weighted by molar-refractivity contribution is 5.85. The maximum Gasteiger partial charge on any atom is 0.435 e. The third kappa shape index (κ3) is 5.33. The average Bonchev–Trinajstić information content (AvgIpc) is 3.13. The normalized spacial score (nSPS) is 12.8. The summed E-state index contributed by atoms with van der Waals surface area (Å²) in [5, 5.41) is 18.6. The summed E-state index contributed by atoms with van der Waals surface area (Å²) in [5.41, 5.74) is -1.10. The number of carbonyl (C=O) groups is 2. The molecule has 2 N–H and O–H groups in total. The quantitative estimate of drug-likeness (QED) is 0.778. The topological polar surface area (TPSA) is 102 Å². The van der Waals surface area contributed by atoms with Crippen LogP contribution < -0.4 is 5.32 Å². The van der Waals surface area contributed by atoms with Crippen LogP contribution in [0.3, 0.4) is 0 Å². The first kappa shape index (κ1) is 18.5. The lowest BCUT2D eigenvalue weighted by Crippen LogP contribution is -2.36. The zero-order chi connectivity index (χ0) is 18.6. The first-order chi connectivity index (χ1) is 11.6. The van der Waals surface area contributed by atoms with Crippen molar-refractivity contribution in [3.63, 3.8) is 0 Å². The van der Waals surface area contributed by atoms with Gasteiger partial charge in [-0.15, -0.1) is 0 Å². The van der Waals surface area contributed by atoms with Crippen LogP contribution in [0.25, 0.3) is 0 Å². The Morgan fingerprint density at radius 3 is 2.48 bits per heavy atom. The largest absolute Gasteiger partial charge is 0.476 e. The van der Waals surface area contributed by atoms with Gasteiger partial charge in [0.25, 0.3) is 0 Å². The van der Waals surface area contributed by atoms with Crippen LogP contribution in [0, 0.1) is 0 Å². The number of alkyl halides is 3. The zero-order valence-electron chi connectivity index (χ0n) is 13.2. The maximum atomic E-state index is 12.5. The average molecular weight is 359 g/mol. The number of amides is 1. The van der Waals surface area contributed by atoms with E-state index in [9.17, 15) is 22.8 Å². The first-order valence-corrected chi connectivity index (χ1v) is 7.32. The molecule has 0 bridgehead atoms. The van der Waals surface area contributed by atoms with Crippen molar-refractivity contribution in [1.29, 1.82) is 0 Å². The molecule has 2 aromatic rings. The molecule has 2 heterocycles. The molecule has 0 aromatic carbocycles. The van der Waals surface area contributed by atoms with E-state index in [1.54, 1.807) is 6.92 Å². The molecule has 11 heteroatoms. The van der Waals surface area contributed by atoms with E-state index in [0.717, 1.165) is 10.7 Å². The van der Waals surface area contributed by atoms with Gasteiger partial charge in [0.05, 0.1) is 6.54 Å². The zero-order valence-corrected chi connectivity index (χ0v) is 13.2. The number of carboxylic acid groups (broad SMARTS) is 1. The van der Waals surface area contributed by atoms with E-state index in [4.69, 9.17) is 5.11 Å². The Kier molecular flexibility index (Phi) is 5.45. The van der Waals surface area contributed by atoms with Crippen molar-refractivity contribution in [3.8, 4) is 0 Å². The van der Waals surface area contributed by atoms with E-state index in [-0.39, 0.29) is 31.1 Å². The van der Waals surface area contributed by atoms with Crippen LogP contribution in [0.2, 0.25) is 0 Å². The highest BCUT2D eigenvalue weighted by atomic mass is 19.4. The summed E-state index contributed by atoms with van der Waals surface area (Å²) in [5.74, 6) is -1.49. The molecule has 1 atom stereocenters. The van der Waals surface area contributed by atoms with Gasteiger partial charge in [0.1, 0.15) is 0 Å². The summed E-state index contributed by atoms with van der Waals surface area (Å²) in [4.78, 5) is 22.5. The second-order valence-electron chi connectivity index (χ2n) is 5.41. The number of hydrogen-bond donors (Lipinski definition) is 2. The van der Waals surface area contributed by atoms with Crippen LogP contribution in [-0.2, 0) is 24.1 Å². The van der Waals surface area contributed by atoms with Crippen LogP contribution in [0.4, 0.5) is 13.2 Å². The molecule has 25 heavy (non-hydrogen) atoms. The molecular formula is C14H16F3N5O3. The van der Waals surface area contributed by atoms with Gasteiger partial charge in [-0.25, -0.2) is 4.79 Å². The molecule has 1 amide bonds. The van der Waals surface area contributed by atoms with Crippen molar-refractivity contribution < 1.29 is 27.9 Å². The second-order valence-corrected chi connectivity index (χ2v) is 5.41. The fourth-order valence-corrected chi connectivity index (χ4v) is 2.10. The fraction of sp³-hybridized carbons (Fsp3) is 0.429. The van der Waals surface area contributed by atoms with Crippen molar-refractivity contribution in [2.45, 2.75) is 38.7 Å². The Balaban J connectivity index is 1.79. The highest BCUT2D eigenvalue weighted by Gasteiger charge is 2.33. The molecule has 0 spiro atoms. The number of nitrogens with zero attached hydrogens (tertiary/aromatic N) is 4. The first-order valence-electron chi connectivity index (χ1n) is 7.32. The lowest BCUT2D eigenvalue weighted by molar-refractivity contribution is -0.141. The predicted molar refractivity (Wildman–Crippen MR) is 78.6 cm³/mol. The number of carbonyl (C=O) groups excluding carboxylic acids is 1. The number of nitrogens with one attached hydrogen (secondary N) is 1. The van der Waals surface area contributed by atoms with Gasteiger partial charge in [-0.05, 0) is 19.1 Å². The number of carboxylic acids is 1. The Morgan fingerprint density at radius 1 is 1.24 bits per heavy atom. The number of hydrogen-bond acceptors (Lipinski definition) is 4. The third-order valence-electron chi connectivity index (χ3n) is 3.23. The van der Waals surface area contributed by atoms with Crippen molar-refractivity contribution in [1.82, 2.24) is 24.9 Å². The molecule has 0 radical (unpaired) electrons. The van der Waals surface area contributed by atoms with Gasteiger partial charge < -0.3 is 10.4 Å². The van der Waals surface area contributed by atoms with Gasteiger partial charge in [-0.1, -0.05) is 0 Å². The standard InChI is InChI=1S/C14H16F3N5O3/c1-9(8-22-6-3-11(20-22)14(15,16)17)18-12(23)4-7-21-5-2-10(19-21)13(24)25/h2-3,5-6,9H,4,7-8H2,1H3,(H,18,23)(H,24,25). The van der Waals surface area contributed by atoms with Crippen LogP contribution in [0.1, 0.15) is 29.5 Å². The molecular weight excluding hydrogens is 343 g/mol. The fourth-order valence-electron chi connectivity index (χ4n) is 2.10. The van der Waals surface area contributed by atoms with Crippen LogP contribution in [0.15, 0.2) is 24.5 Å². The van der Waals surface area contributed by atoms with Crippen molar-refractivity contribution >= 4 is 11.9 Å². The molecule has 0 fully saturated rings. The van der Waals surface area contributed by atoms with E-state index in [1.165, 1.54) is 23.1 Å². The van der Waals surface area contributed by atoms with Gasteiger partial charge >= 0.3 is 12.1 Å². The minimum atomic E-state index is -4.50. The smallest absolute Gasteiger partial charge is 0.435 e. The van der Waals surface area contributed by atoms with Gasteiger partial charge in [0.15, 0.2) is 11.4 Å². The summed E-state index contributed by atoms with van der Waals surface area (Å²) in [6.07, 6.45) is -1.81. The lowest BCUT2D eigenvalue weighted by atomic mass is 10.3. The highest BCUT2D eigenvalue weighted by Crippen LogP contribution is 2.27. The Hall–Kier alpha value is -2.85. The van der Waals surface area contributed by atoms with E-state index >= 15 is 0 Å². The van der Waals surface area contributed by atoms with E-state index < -0.39 is 23.9 Å². The lowest BCUT2D eigenvalue weighted by Gasteiger charge is -2.14. The van der Waals surface area contributed by atoms with Gasteiger partial charge in [-0.2, -0.15) is 23.4 Å². The monoisotopic (exact) mass is 359 g/mol. The van der Waals surface area contributed by atoms with Gasteiger partial charge in [0, 0.05) is 31.4 Å². The minimum absolute atomic E-state index is 0.0536. The molecule has 0 saturated heterocycles. The minimum Gasteiger partial charge on any atom is -0.476 e. The molecule has 0 aliphatic carbocycles. The Labute approximate surface area is 140 Å². The predicted octanol–water partition coefficient (Wildman–Crippen LogP) is 1.39. The second kappa shape index (κ2) is 7.36. The number of aromatic carboxylic acids is 1. The third-order valence-corrected chi connectivity index (χ3v) is 3.23. The maximum absolute atomic E-state index is 12.5. The summed E-state index contributed by atoms with van der Waals surface area (Å²) in [6, 6.07) is 1.76. The Morgan fingerprint density at radius 2 is 1.92 bits per heavy atom. The van der Waals surface area contributed by atoms with Crippen LogP contribution >= 0.6 is 0 Å². The van der Waals surface area contributed by atoms with Crippen molar-refractivity contribution in [3.05, 3.63) is 35.9 Å². The van der Waals surface area contributed by atoms with Gasteiger partial charge in [0.2, 0.25) is 5.91 Å². The Bertz CT molecular complexity index is 753. The van der Waals surface area contributed by atoms with Crippen molar-refractivity contribution in [2.24, 2.45) is 0 Å². The SMILES string of the molecule is CC(Cn1ccc(C(F)(F)F)n1)NC(=O)CCn1ccc(C(=O)O)n1. The summed E-state index contributed by atoms with van der Waals surface area (Å²) < 4.78 is 39.9. The molecule has 136 valence electrons. The summed E-state index contributed by atoms with van der Waals surface area (Å²) in [6.45, 7) is 1.92. The number of halogens is 3. The molecule has 2 rings (SSSR count). The molecule has 0 saturated carbocycles.